The highest BCUT2D eigenvalue weighted by Crippen LogP contribution is 2.24. The average Bonchev–Trinajstić information content (AvgIpc) is 2.58. The molecule has 0 N–H and O–H groups in total. The van der Waals surface area contributed by atoms with Gasteiger partial charge < -0.3 is 9.80 Å². The summed E-state index contributed by atoms with van der Waals surface area (Å²) in [5.74, 6) is -0.171. The molecule has 1 aliphatic heterocycles. The van der Waals surface area contributed by atoms with Gasteiger partial charge in [-0.3, -0.25) is 9.59 Å². The molecule has 4 nitrogen and oxygen atoms in total. The summed E-state index contributed by atoms with van der Waals surface area (Å²) in [6, 6.07) is 14.1. The van der Waals surface area contributed by atoms with E-state index in [4.69, 9.17) is 11.6 Å². The molecule has 0 unspecified atom stereocenters. The zero-order valence-corrected chi connectivity index (χ0v) is 14.5. The van der Waals surface area contributed by atoms with Gasteiger partial charge in [0.1, 0.15) is 6.04 Å². The molecule has 0 aliphatic carbocycles. The molecule has 2 aromatic rings. The number of piperazine rings is 1. The van der Waals surface area contributed by atoms with Crippen molar-refractivity contribution in [3.8, 4) is 0 Å². The van der Waals surface area contributed by atoms with Gasteiger partial charge in [-0.15, -0.1) is 0 Å². The van der Waals surface area contributed by atoms with Crippen molar-refractivity contribution in [2.75, 3.05) is 18.0 Å². The minimum absolute atomic E-state index is 0.0782. The van der Waals surface area contributed by atoms with Crippen LogP contribution in [-0.2, 0) is 4.79 Å². The standard InChI is InChI=1S/C19H19ClN2O2/c1-13-5-3-4-6-17(13)19(24)21-11-12-22(18(23)14(21)2)16-9-7-15(20)8-10-16/h3-10,14H,11-12H2,1-2H3/t14-/m1/s1. The molecule has 0 radical (unpaired) electrons. The Morgan fingerprint density at radius 3 is 2.42 bits per heavy atom. The van der Waals surface area contributed by atoms with Crippen LogP contribution in [0.15, 0.2) is 48.5 Å². The molecule has 2 aromatic carbocycles. The maximum absolute atomic E-state index is 12.8. The van der Waals surface area contributed by atoms with Crippen LogP contribution in [0.4, 0.5) is 5.69 Å². The Morgan fingerprint density at radius 2 is 1.75 bits per heavy atom. The molecule has 1 fully saturated rings. The Labute approximate surface area is 146 Å². The first-order chi connectivity index (χ1) is 11.5. The summed E-state index contributed by atoms with van der Waals surface area (Å²) in [5.41, 5.74) is 2.37. The summed E-state index contributed by atoms with van der Waals surface area (Å²) < 4.78 is 0. The van der Waals surface area contributed by atoms with Crippen LogP contribution in [0.5, 0.6) is 0 Å². The average molecular weight is 343 g/mol. The summed E-state index contributed by atoms with van der Waals surface area (Å²) in [6.07, 6.45) is 0. The van der Waals surface area contributed by atoms with Crippen molar-refractivity contribution in [2.24, 2.45) is 0 Å². The second-order valence-electron chi connectivity index (χ2n) is 5.96. The Morgan fingerprint density at radius 1 is 1.08 bits per heavy atom. The monoisotopic (exact) mass is 342 g/mol. The van der Waals surface area contributed by atoms with Gasteiger partial charge in [-0.25, -0.2) is 0 Å². The van der Waals surface area contributed by atoms with E-state index in [2.05, 4.69) is 0 Å². The van der Waals surface area contributed by atoms with Crippen LogP contribution in [-0.4, -0.2) is 35.8 Å². The zero-order valence-electron chi connectivity index (χ0n) is 13.7. The van der Waals surface area contributed by atoms with Crippen molar-refractivity contribution in [1.82, 2.24) is 4.90 Å². The van der Waals surface area contributed by atoms with Gasteiger partial charge >= 0.3 is 0 Å². The molecule has 124 valence electrons. The number of benzene rings is 2. The first-order valence-corrected chi connectivity index (χ1v) is 8.30. The number of carbonyl (C=O) groups excluding carboxylic acids is 2. The second-order valence-corrected chi connectivity index (χ2v) is 6.39. The lowest BCUT2D eigenvalue weighted by molar-refractivity contribution is -0.124. The zero-order chi connectivity index (χ0) is 17.3. The van der Waals surface area contributed by atoms with E-state index in [-0.39, 0.29) is 11.8 Å². The molecule has 0 saturated carbocycles. The molecule has 0 spiro atoms. The Kier molecular flexibility index (Phi) is 4.58. The first-order valence-electron chi connectivity index (χ1n) is 7.92. The highest BCUT2D eigenvalue weighted by atomic mass is 35.5. The van der Waals surface area contributed by atoms with Crippen molar-refractivity contribution in [1.29, 1.82) is 0 Å². The third-order valence-corrected chi connectivity index (χ3v) is 4.68. The fraction of sp³-hybridized carbons (Fsp3) is 0.263. The predicted molar refractivity (Wildman–Crippen MR) is 95.5 cm³/mol. The van der Waals surface area contributed by atoms with E-state index in [0.29, 0.717) is 23.7 Å². The topological polar surface area (TPSA) is 40.6 Å². The van der Waals surface area contributed by atoms with Crippen molar-refractivity contribution in [2.45, 2.75) is 19.9 Å². The van der Waals surface area contributed by atoms with Crippen LogP contribution < -0.4 is 4.90 Å². The maximum atomic E-state index is 12.8. The first kappa shape index (κ1) is 16.5. The Balaban J connectivity index is 1.81. The number of halogens is 1. The normalized spacial score (nSPS) is 18.0. The molecular formula is C19H19ClN2O2. The van der Waals surface area contributed by atoms with E-state index in [1.807, 2.05) is 37.3 Å². The van der Waals surface area contributed by atoms with E-state index in [9.17, 15) is 9.59 Å². The quantitative estimate of drug-likeness (QED) is 0.837. The van der Waals surface area contributed by atoms with Crippen molar-refractivity contribution >= 4 is 29.1 Å². The second kappa shape index (κ2) is 6.65. The lowest BCUT2D eigenvalue weighted by atomic mass is 10.0. The van der Waals surface area contributed by atoms with Gasteiger partial charge in [-0.2, -0.15) is 0 Å². The number of hydrogen-bond acceptors (Lipinski definition) is 2. The van der Waals surface area contributed by atoms with E-state index >= 15 is 0 Å². The molecule has 24 heavy (non-hydrogen) atoms. The smallest absolute Gasteiger partial charge is 0.254 e. The predicted octanol–water partition coefficient (Wildman–Crippen LogP) is 3.53. The van der Waals surface area contributed by atoms with E-state index in [0.717, 1.165) is 11.3 Å². The van der Waals surface area contributed by atoms with Gasteiger partial charge in [0.05, 0.1) is 0 Å². The van der Waals surface area contributed by atoms with Gasteiger partial charge in [0, 0.05) is 29.4 Å². The molecule has 1 heterocycles. The molecule has 0 bridgehead atoms. The van der Waals surface area contributed by atoms with Gasteiger partial charge in [-0.1, -0.05) is 29.8 Å². The van der Waals surface area contributed by atoms with E-state index in [1.54, 1.807) is 34.9 Å². The Hall–Kier alpha value is -2.33. The molecule has 1 atom stereocenters. The summed E-state index contributed by atoms with van der Waals surface area (Å²) in [4.78, 5) is 28.9. The van der Waals surface area contributed by atoms with Crippen LogP contribution in [0, 0.1) is 6.92 Å². The summed E-state index contributed by atoms with van der Waals surface area (Å²) >= 11 is 5.91. The van der Waals surface area contributed by atoms with Gasteiger partial charge in [0.15, 0.2) is 0 Å². The van der Waals surface area contributed by atoms with Gasteiger partial charge in [0.2, 0.25) is 5.91 Å². The van der Waals surface area contributed by atoms with Gasteiger partial charge in [0.25, 0.3) is 5.91 Å². The Bertz CT molecular complexity index is 773. The molecule has 2 amide bonds. The van der Waals surface area contributed by atoms with Crippen LogP contribution in [0.2, 0.25) is 5.02 Å². The number of aryl methyl sites for hydroxylation is 1. The van der Waals surface area contributed by atoms with Gasteiger partial charge in [-0.05, 0) is 49.7 Å². The highest BCUT2D eigenvalue weighted by molar-refractivity contribution is 6.30. The lowest BCUT2D eigenvalue weighted by Gasteiger charge is -2.39. The van der Waals surface area contributed by atoms with E-state index < -0.39 is 6.04 Å². The number of nitrogens with zero attached hydrogens (tertiary/aromatic N) is 2. The van der Waals surface area contributed by atoms with E-state index in [1.165, 1.54) is 0 Å². The van der Waals surface area contributed by atoms with Crippen molar-refractivity contribution in [3.05, 3.63) is 64.7 Å². The third kappa shape index (κ3) is 3.02. The summed E-state index contributed by atoms with van der Waals surface area (Å²) in [6.45, 7) is 4.66. The molecule has 5 heteroatoms. The van der Waals surface area contributed by atoms with Crippen molar-refractivity contribution in [3.63, 3.8) is 0 Å². The maximum Gasteiger partial charge on any atom is 0.254 e. The number of anilines is 1. The SMILES string of the molecule is Cc1ccccc1C(=O)N1CCN(c2ccc(Cl)cc2)C(=O)[C@H]1C. The highest BCUT2D eigenvalue weighted by Gasteiger charge is 2.35. The summed E-state index contributed by atoms with van der Waals surface area (Å²) in [7, 11) is 0. The van der Waals surface area contributed by atoms with Crippen LogP contribution in [0.1, 0.15) is 22.8 Å². The van der Waals surface area contributed by atoms with Crippen LogP contribution in [0.25, 0.3) is 0 Å². The molecule has 3 rings (SSSR count). The molecular weight excluding hydrogens is 324 g/mol. The fourth-order valence-electron chi connectivity index (χ4n) is 2.99. The molecule has 1 saturated heterocycles. The van der Waals surface area contributed by atoms with Crippen LogP contribution >= 0.6 is 11.6 Å². The number of carbonyl (C=O) groups is 2. The fourth-order valence-corrected chi connectivity index (χ4v) is 3.12. The minimum atomic E-state index is -0.499. The number of rotatable bonds is 2. The number of amides is 2. The van der Waals surface area contributed by atoms with Crippen LogP contribution in [0.3, 0.4) is 0 Å². The summed E-state index contributed by atoms with van der Waals surface area (Å²) in [5, 5.41) is 0.632. The lowest BCUT2D eigenvalue weighted by Crippen LogP contribution is -2.57. The molecule has 0 aromatic heterocycles. The third-order valence-electron chi connectivity index (χ3n) is 4.43. The molecule has 1 aliphatic rings. The number of hydrogen-bond donors (Lipinski definition) is 0. The van der Waals surface area contributed by atoms with Crippen molar-refractivity contribution < 1.29 is 9.59 Å². The minimum Gasteiger partial charge on any atom is -0.325 e. The largest absolute Gasteiger partial charge is 0.325 e.